The van der Waals surface area contributed by atoms with E-state index in [0.717, 1.165) is 34.1 Å². The van der Waals surface area contributed by atoms with Gasteiger partial charge in [0, 0.05) is 41.8 Å². The van der Waals surface area contributed by atoms with Crippen LogP contribution in [0, 0.1) is 12.8 Å². The van der Waals surface area contributed by atoms with Crippen molar-refractivity contribution in [2.24, 2.45) is 5.92 Å². The molecule has 1 fully saturated rings. The summed E-state index contributed by atoms with van der Waals surface area (Å²) in [5.74, 6) is -0.103. The van der Waals surface area contributed by atoms with Crippen molar-refractivity contribution in [1.82, 2.24) is 20.1 Å². The number of hydrogen-bond acceptors (Lipinski definition) is 4. The summed E-state index contributed by atoms with van der Waals surface area (Å²) < 4.78 is 0. The van der Waals surface area contributed by atoms with E-state index in [4.69, 9.17) is 0 Å². The molecule has 0 bridgehead atoms. The zero-order valence-corrected chi connectivity index (χ0v) is 15.6. The monoisotopic (exact) mass is 364 g/mol. The van der Waals surface area contributed by atoms with Gasteiger partial charge >= 0.3 is 0 Å². The molecule has 6 heteroatoms. The number of carbonyl (C=O) groups is 1. The Balaban J connectivity index is 1.53. The van der Waals surface area contributed by atoms with Crippen molar-refractivity contribution in [3.05, 3.63) is 59.0 Å². The number of nitrogens with one attached hydrogen (secondary N) is 1. The van der Waals surface area contributed by atoms with Crippen molar-refractivity contribution in [2.45, 2.75) is 32.8 Å². The van der Waals surface area contributed by atoms with E-state index in [2.05, 4.69) is 21.2 Å². The summed E-state index contributed by atoms with van der Waals surface area (Å²) >= 11 is 0. The van der Waals surface area contributed by atoms with Crippen molar-refractivity contribution in [3.8, 4) is 0 Å². The predicted octanol–water partition coefficient (Wildman–Crippen LogP) is 2.50. The Hall–Kier alpha value is -2.73. The molecule has 0 aliphatic carbocycles. The summed E-state index contributed by atoms with van der Waals surface area (Å²) in [7, 11) is 0. The lowest BCUT2D eigenvalue weighted by atomic mass is 9.94. The van der Waals surface area contributed by atoms with E-state index in [1.165, 1.54) is 0 Å². The first-order chi connectivity index (χ1) is 13.1. The molecular formula is C21H24N4O2. The summed E-state index contributed by atoms with van der Waals surface area (Å²) in [6, 6.07) is 10.0. The largest absolute Gasteiger partial charge is 0.391 e. The molecule has 0 spiro atoms. The van der Waals surface area contributed by atoms with Crippen LogP contribution in [0.4, 0.5) is 0 Å². The van der Waals surface area contributed by atoms with Gasteiger partial charge in [-0.05, 0) is 37.5 Å². The number of β-amino-alcohol motifs (C(OH)–C–C–N with tert-alkyl or cyclic N) is 1. The minimum Gasteiger partial charge on any atom is -0.391 e. The quantitative estimate of drug-likeness (QED) is 0.745. The highest BCUT2D eigenvalue weighted by Crippen LogP contribution is 2.26. The number of carbonyl (C=O) groups excluding carboxylic acids is 1. The van der Waals surface area contributed by atoms with Gasteiger partial charge in [-0.2, -0.15) is 5.10 Å². The maximum absolute atomic E-state index is 12.9. The number of aromatic nitrogens is 3. The first-order valence-corrected chi connectivity index (χ1v) is 9.42. The molecule has 27 heavy (non-hydrogen) atoms. The number of aromatic amines is 1. The van der Waals surface area contributed by atoms with Crippen LogP contribution >= 0.6 is 0 Å². The topological polar surface area (TPSA) is 82.1 Å². The van der Waals surface area contributed by atoms with Crippen LogP contribution in [0.1, 0.15) is 34.2 Å². The highest BCUT2D eigenvalue weighted by molar-refractivity contribution is 5.94. The second kappa shape index (κ2) is 7.12. The van der Waals surface area contributed by atoms with Crippen LogP contribution in [0.2, 0.25) is 0 Å². The summed E-state index contributed by atoms with van der Waals surface area (Å²) in [5, 5.41) is 18.8. The molecule has 2 atom stereocenters. The number of aryl methyl sites for hydroxylation is 1. The van der Waals surface area contributed by atoms with Crippen LogP contribution in [-0.4, -0.2) is 50.3 Å². The summed E-state index contributed by atoms with van der Waals surface area (Å²) in [5.41, 5.74) is 4.46. The third-order valence-corrected chi connectivity index (χ3v) is 5.58. The number of amides is 1. The smallest absolute Gasteiger partial charge is 0.274 e. The Bertz CT molecular complexity index is 976. The predicted molar refractivity (Wildman–Crippen MR) is 104 cm³/mol. The number of nitrogens with zero attached hydrogens (tertiary/aromatic N) is 3. The van der Waals surface area contributed by atoms with Crippen LogP contribution in [0.25, 0.3) is 10.9 Å². The number of benzene rings is 1. The first-order valence-electron chi connectivity index (χ1n) is 9.42. The van der Waals surface area contributed by atoms with E-state index < -0.39 is 6.10 Å². The van der Waals surface area contributed by atoms with E-state index in [0.29, 0.717) is 25.2 Å². The van der Waals surface area contributed by atoms with E-state index >= 15 is 0 Å². The molecule has 1 saturated heterocycles. The molecule has 0 saturated carbocycles. The molecule has 4 rings (SSSR count). The van der Waals surface area contributed by atoms with Crippen LogP contribution < -0.4 is 0 Å². The van der Waals surface area contributed by atoms with Crippen LogP contribution in [0.5, 0.6) is 0 Å². The average molecular weight is 364 g/mol. The molecule has 3 aromatic rings. The second-order valence-corrected chi connectivity index (χ2v) is 7.26. The third kappa shape index (κ3) is 3.21. The van der Waals surface area contributed by atoms with Gasteiger partial charge in [-0.25, -0.2) is 0 Å². The molecule has 140 valence electrons. The standard InChI is InChI=1S/C21H24N4O2/c1-3-17-13(2)20(24-23-17)21(27)25-11-15(19(26)12-25)10-14-8-9-22-18-7-5-4-6-16(14)18/h4-9,15,19,26H,3,10-12H2,1-2H3,(H,23,24)/t15-,19-/m1/s1. The molecule has 0 radical (unpaired) electrons. The molecule has 1 amide bonds. The minimum atomic E-state index is -0.536. The number of para-hydroxylation sites is 1. The van der Waals surface area contributed by atoms with Crippen molar-refractivity contribution >= 4 is 16.8 Å². The highest BCUT2D eigenvalue weighted by atomic mass is 16.3. The Kier molecular flexibility index (Phi) is 4.66. The van der Waals surface area contributed by atoms with Gasteiger partial charge in [0.2, 0.25) is 0 Å². The maximum Gasteiger partial charge on any atom is 0.274 e. The fourth-order valence-electron chi connectivity index (χ4n) is 3.97. The van der Waals surface area contributed by atoms with Crippen LogP contribution in [0.15, 0.2) is 36.5 Å². The Labute approximate surface area is 158 Å². The normalized spacial score (nSPS) is 19.7. The average Bonchev–Trinajstić information content (AvgIpc) is 3.24. The molecule has 6 nitrogen and oxygen atoms in total. The number of fused-ring (bicyclic) bond motifs is 1. The maximum atomic E-state index is 12.9. The van der Waals surface area contributed by atoms with E-state index in [9.17, 15) is 9.90 Å². The van der Waals surface area contributed by atoms with Crippen molar-refractivity contribution in [3.63, 3.8) is 0 Å². The lowest BCUT2D eigenvalue weighted by molar-refractivity contribution is 0.0758. The number of rotatable bonds is 4. The van der Waals surface area contributed by atoms with Crippen molar-refractivity contribution in [1.29, 1.82) is 0 Å². The van der Waals surface area contributed by atoms with Gasteiger partial charge in [-0.15, -0.1) is 0 Å². The highest BCUT2D eigenvalue weighted by Gasteiger charge is 2.36. The minimum absolute atomic E-state index is 0.00431. The summed E-state index contributed by atoms with van der Waals surface area (Å²) in [6.45, 7) is 4.83. The first kappa shape index (κ1) is 17.7. The summed E-state index contributed by atoms with van der Waals surface area (Å²) in [4.78, 5) is 19.0. The van der Waals surface area contributed by atoms with Gasteiger partial charge < -0.3 is 10.0 Å². The van der Waals surface area contributed by atoms with Gasteiger partial charge in [0.25, 0.3) is 5.91 Å². The van der Waals surface area contributed by atoms with Crippen molar-refractivity contribution in [2.75, 3.05) is 13.1 Å². The van der Waals surface area contributed by atoms with Gasteiger partial charge in [0.15, 0.2) is 5.69 Å². The number of likely N-dealkylation sites (tertiary alicyclic amines) is 1. The number of H-pyrrole nitrogens is 1. The Morgan fingerprint density at radius 3 is 2.89 bits per heavy atom. The van der Waals surface area contributed by atoms with Gasteiger partial charge in [-0.1, -0.05) is 25.1 Å². The van der Waals surface area contributed by atoms with E-state index in [-0.39, 0.29) is 11.8 Å². The zero-order chi connectivity index (χ0) is 19.0. The molecule has 3 heterocycles. The molecule has 1 aromatic carbocycles. The third-order valence-electron chi connectivity index (χ3n) is 5.58. The molecular weight excluding hydrogens is 340 g/mol. The molecule has 2 N–H and O–H groups in total. The zero-order valence-electron chi connectivity index (χ0n) is 15.6. The van der Waals surface area contributed by atoms with Gasteiger partial charge in [0.05, 0.1) is 11.6 Å². The van der Waals surface area contributed by atoms with Gasteiger partial charge in [-0.3, -0.25) is 14.9 Å². The lowest BCUT2D eigenvalue weighted by Crippen LogP contribution is -2.30. The van der Waals surface area contributed by atoms with Crippen LogP contribution in [-0.2, 0) is 12.8 Å². The van der Waals surface area contributed by atoms with Gasteiger partial charge in [0.1, 0.15) is 0 Å². The number of aliphatic hydroxyl groups excluding tert-OH is 1. The fraction of sp³-hybridized carbons (Fsp3) is 0.381. The molecule has 0 unspecified atom stereocenters. The van der Waals surface area contributed by atoms with Crippen molar-refractivity contribution < 1.29 is 9.90 Å². The molecule has 2 aromatic heterocycles. The Morgan fingerprint density at radius 1 is 1.30 bits per heavy atom. The SMILES string of the molecule is CCc1[nH]nc(C(=O)N2C[C@@H](Cc3ccnc4ccccc34)[C@H](O)C2)c1C. The number of aliphatic hydroxyl groups is 1. The van der Waals surface area contributed by atoms with E-state index in [1.807, 2.05) is 38.1 Å². The lowest BCUT2D eigenvalue weighted by Gasteiger charge is -2.16. The van der Waals surface area contributed by atoms with E-state index in [1.54, 1.807) is 11.1 Å². The Morgan fingerprint density at radius 2 is 2.11 bits per heavy atom. The molecule has 1 aliphatic rings. The second-order valence-electron chi connectivity index (χ2n) is 7.26. The number of hydrogen-bond donors (Lipinski definition) is 2. The van der Waals surface area contributed by atoms with Crippen LogP contribution in [0.3, 0.4) is 0 Å². The molecule has 1 aliphatic heterocycles. The number of pyridine rings is 1. The summed E-state index contributed by atoms with van der Waals surface area (Å²) in [6.07, 6.45) is 2.80. The fourth-order valence-corrected chi connectivity index (χ4v) is 3.97.